The molecule has 2 nitrogen and oxygen atoms in total. The number of unbranched alkanes of at least 4 members (excludes halogenated alkanes) is 1. The summed E-state index contributed by atoms with van der Waals surface area (Å²) in [7, 11) is 0. The van der Waals surface area contributed by atoms with E-state index in [1.807, 2.05) is 6.08 Å². The Bertz CT molecular complexity index is 539. The van der Waals surface area contributed by atoms with Crippen molar-refractivity contribution in [3.63, 3.8) is 0 Å². The van der Waals surface area contributed by atoms with Crippen LogP contribution in [-0.4, -0.2) is 24.2 Å². The van der Waals surface area contributed by atoms with Crippen molar-refractivity contribution >= 4 is 5.97 Å². The summed E-state index contributed by atoms with van der Waals surface area (Å²) in [6.45, 7) is 3.70. The van der Waals surface area contributed by atoms with E-state index in [1.54, 1.807) is 0 Å². The maximum atomic E-state index is 13.0. The fraction of sp³-hybridized carbons (Fsp3) is 0.762. The predicted octanol–water partition coefficient (Wildman–Crippen LogP) is 6.61. The minimum atomic E-state index is -5.92. The molecule has 0 saturated heterocycles. The average molecular weight is 408 g/mol. The van der Waals surface area contributed by atoms with Crippen LogP contribution in [0, 0.1) is 17.8 Å². The highest BCUT2D eigenvalue weighted by atomic mass is 19.4. The Balaban J connectivity index is 1.72. The van der Waals surface area contributed by atoms with E-state index in [9.17, 15) is 26.7 Å². The Morgan fingerprint density at radius 3 is 1.93 bits per heavy atom. The van der Waals surface area contributed by atoms with E-state index in [2.05, 4.69) is 23.5 Å². The molecule has 2 fully saturated rings. The van der Waals surface area contributed by atoms with E-state index < -0.39 is 24.2 Å². The second-order valence-electron chi connectivity index (χ2n) is 7.98. The first kappa shape index (κ1) is 22.9. The number of halogens is 5. The summed E-state index contributed by atoms with van der Waals surface area (Å²) in [6.07, 6.45) is 8.23. The molecule has 2 aliphatic carbocycles. The number of esters is 1. The number of carbonyl (C=O) groups excluding carboxylic acids is 1. The van der Waals surface area contributed by atoms with Gasteiger partial charge in [-0.25, -0.2) is 4.79 Å². The number of alkyl halides is 5. The Labute approximate surface area is 163 Å². The lowest BCUT2D eigenvalue weighted by atomic mass is 9.70. The van der Waals surface area contributed by atoms with Gasteiger partial charge in [0.05, 0.1) is 0 Å². The molecule has 0 heterocycles. The quantitative estimate of drug-likeness (QED) is 0.205. The van der Waals surface area contributed by atoms with Gasteiger partial charge in [-0.05, 0) is 82.0 Å². The molecule has 2 saturated carbocycles. The monoisotopic (exact) mass is 408 g/mol. The Hall–Kier alpha value is -1.40. The van der Waals surface area contributed by atoms with Crippen molar-refractivity contribution in [2.45, 2.75) is 82.4 Å². The van der Waals surface area contributed by atoms with Crippen molar-refractivity contribution < 1.29 is 31.5 Å². The number of rotatable bonds is 7. The smallest absolute Gasteiger partial charge is 0.458 e. The fourth-order valence-corrected chi connectivity index (χ4v) is 4.33. The molecule has 0 radical (unpaired) electrons. The predicted molar refractivity (Wildman–Crippen MR) is 96.9 cm³/mol. The van der Waals surface area contributed by atoms with Crippen LogP contribution in [0.5, 0.6) is 0 Å². The lowest BCUT2D eigenvalue weighted by Crippen LogP contribution is -2.46. The third-order valence-electron chi connectivity index (χ3n) is 6.03. The van der Waals surface area contributed by atoms with E-state index in [-0.39, 0.29) is 0 Å². The molecule has 2 rings (SSSR count). The summed E-state index contributed by atoms with van der Waals surface area (Å²) in [4.78, 5) is 11.2. The molecule has 28 heavy (non-hydrogen) atoms. The van der Waals surface area contributed by atoms with Crippen LogP contribution < -0.4 is 0 Å². The third kappa shape index (κ3) is 6.05. The maximum absolute atomic E-state index is 13.0. The molecule has 0 atom stereocenters. The number of allylic oxidation sites excluding steroid dienone is 3. The Morgan fingerprint density at radius 2 is 1.43 bits per heavy atom. The van der Waals surface area contributed by atoms with Gasteiger partial charge in [0.2, 0.25) is 0 Å². The van der Waals surface area contributed by atoms with Gasteiger partial charge in [-0.2, -0.15) is 22.0 Å². The molecule has 0 unspecified atom stereocenters. The van der Waals surface area contributed by atoms with Crippen molar-refractivity contribution in [1.82, 2.24) is 0 Å². The molecule has 0 bridgehead atoms. The minimum absolute atomic E-state index is 0.353. The number of hydrogen-bond acceptors (Lipinski definition) is 2. The van der Waals surface area contributed by atoms with Gasteiger partial charge in [-0.1, -0.05) is 18.2 Å². The largest absolute Gasteiger partial charge is 0.465 e. The number of carbonyl (C=O) groups is 1. The summed E-state index contributed by atoms with van der Waals surface area (Å²) in [5.74, 6) is -6.33. The van der Waals surface area contributed by atoms with E-state index in [4.69, 9.17) is 0 Å². The van der Waals surface area contributed by atoms with Gasteiger partial charge in [-0.15, -0.1) is 6.58 Å². The van der Waals surface area contributed by atoms with Gasteiger partial charge in [-0.3, -0.25) is 0 Å². The number of ether oxygens (including phenoxy) is 1. The third-order valence-corrected chi connectivity index (χ3v) is 6.03. The SMILES string of the molecule is C=CCCC=CC1CCC(C2CCC(OC(=O)C(F)(F)C(F)(F)F)CC2)CC1. The summed E-state index contributed by atoms with van der Waals surface area (Å²) >= 11 is 0. The van der Waals surface area contributed by atoms with Crippen LogP contribution in [0.25, 0.3) is 0 Å². The van der Waals surface area contributed by atoms with E-state index >= 15 is 0 Å². The zero-order valence-electron chi connectivity index (χ0n) is 16.0. The zero-order valence-corrected chi connectivity index (χ0v) is 16.0. The molecule has 7 heteroatoms. The van der Waals surface area contributed by atoms with E-state index in [0.717, 1.165) is 38.5 Å². The molecule has 0 aliphatic heterocycles. The molecule has 2 aliphatic rings. The summed E-state index contributed by atoms with van der Waals surface area (Å²) in [6, 6.07) is 0. The van der Waals surface area contributed by atoms with Gasteiger partial charge in [0.15, 0.2) is 0 Å². The van der Waals surface area contributed by atoms with Crippen molar-refractivity contribution in [2.75, 3.05) is 0 Å². The van der Waals surface area contributed by atoms with Gasteiger partial charge in [0.25, 0.3) is 0 Å². The maximum Gasteiger partial charge on any atom is 0.465 e. The Kier molecular flexibility index (Phi) is 8.07. The molecule has 0 N–H and O–H groups in total. The average Bonchev–Trinajstić information content (AvgIpc) is 2.65. The fourth-order valence-electron chi connectivity index (χ4n) is 4.33. The standard InChI is InChI=1S/C21H29F5O2/c1-2-3-4-5-6-15-7-9-16(10-8-15)17-11-13-18(14-12-17)28-19(27)20(22,23)21(24,25)26/h2,5-6,15-18H,1,3-4,7-14H2. The molecule has 0 aromatic carbocycles. The second kappa shape index (κ2) is 9.88. The highest BCUT2D eigenvalue weighted by molar-refractivity contribution is 5.78. The summed E-state index contributed by atoms with van der Waals surface area (Å²) in [5, 5.41) is 0. The molecule has 160 valence electrons. The van der Waals surface area contributed by atoms with Crippen LogP contribution in [0.15, 0.2) is 24.8 Å². The topological polar surface area (TPSA) is 26.3 Å². The first-order chi connectivity index (χ1) is 13.1. The lowest BCUT2D eigenvalue weighted by molar-refractivity contribution is -0.282. The molecule has 0 aromatic heterocycles. The summed E-state index contributed by atoms with van der Waals surface area (Å²) in [5.41, 5.74) is 0. The zero-order chi connectivity index (χ0) is 20.8. The van der Waals surface area contributed by atoms with E-state index in [1.165, 1.54) is 0 Å². The summed E-state index contributed by atoms with van der Waals surface area (Å²) < 4.78 is 67.2. The molecule has 0 aromatic rings. The van der Waals surface area contributed by atoms with Crippen LogP contribution >= 0.6 is 0 Å². The van der Waals surface area contributed by atoms with Crippen molar-refractivity contribution in [3.8, 4) is 0 Å². The number of hydrogen-bond donors (Lipinski definition) is 0. The molecular formula is C21H29F5O2. The van der Waals surface area contributed by atoms with Crippen molar-refractivity contribution in [2.24, 2.45) is 17.8 Å². The highest BCUT2D eigenvalue weighted by Gasteiger charge is 2.65. The van der Waals surface area contributed by atoms with Crippen LogP contribution in [-0.2, 0) is 9.53 Å². The van der Waals surface area contributed by atoms with E-state index in [0.29, 0.717) is 43.4 Å². The first-order valence-electron chi connectivity index (χ1n) is 10.1. The van der Waals surface area contributed by atoms with Gasteiger partial charge in [0, 0.05) is 0 Å². The first-order valence-corrected chi connectivity index (χ1v) is 10.1. The van der Waals surface area contributed by atoms with Gasteiger partial charge in [0.1, 0.15) is 6.10 Å². The van der Waals surface area contributed by atoms with Crippen LogP contribution in [0.3, 0.4) is 0 Å². The Morgan fingerprint density at radius 1 is 0.893 bits per heavy atom. The second-order valence-corrected chi connectivity index (χ2v) is 7.98. The van der Waals surface area contributed by atoms with Crippen LogP contribution in [0.1, 0.15) is 64.2 Å². The lowest BCUT2D eigenvalue weighted by Gasteiger charge is -2.37. The highest BCUT2D eigenvalue weighted by Crippen LogP contribution is 2.42. The van der Waals surface area contributed by atoms with Crippen LogP contribution in [0.4, 0.5) is 22.0 Å². The molecule has 0 spiro atoms. The molecule has 0 amide bonds. The normalized spacial score (nSPS) is 29.6. The van der Waals surface area contributed by atoms with Crippen molar-refractivity contribution in [3.05, 3.63) is 24.8 Å². The van der Waals surface area contributed by atoms with Crippen LogP contribution in [0.2, 0.25) is 0 Å². The molecular weight excluding hydrogens is 379 g/mol. The van der Waals surface area contributed by atoms with Crippen molar-refractivity contribution in [1.29, 1.82) is 0 Å². The minimum Gasteiger partial charge on any atom is -0.458 e. The van der Waals surface area contributed by atoms with Gasteiger partial charge < -0.3 is 4.74 Å². The van der Waals surface area contributed by atoms with Gasteiger partial charge >= 0.3 is 18.1 Å².